The topological polar surface area (TPSA) is 65.1 Å². The molecule has 1 aromatic rings. The Bertz CT molecular complexity index is 435. The number of aryl methyl sites for hydroxylation is 2. The van der Waals surface area contributed by atoms with Crippen LogP contribution < -0.4 is 11.3 Å². The summed E-state index contributed by atoms with van der Waals surface area (Å²) < 4.78 is 9.02. The van der Waals surface area contributed by atoms with E-state index >= 15 is 0 Å². The van der Waals surface area contributed by atoms with Crippen LogP contribution in [0.15, 0.2) is 4.47 Å². The van der Waals surface area contributed by atoms with E-state index in [1.807, 2.05) is 18.5 Å². The molecule has 2 atom stereocenters. The van der Waals surface area contributed by atoms with Crippen molar-refractivity contribution in [2.24, 2.45) is 5.84 Å². The Morgan fingerprint density at radius 3 is 2.55 bits per heavy atom. The highest BCUT2D eigenvalue weighted by molar-refractivity contribution is 9.10. The van der Waals surface area contributed by atoms with Crippen molar-refractivity contribution in [1.82, 2.24) is 15.2 Å². The number of aromatic nitrogens is 2. The average Bonchev–Trinajstić information content (AvgIpc) is 2.71. The summed E-state index contributed by atoms with van der Waals surface area (Å²) in [6, 6.07) is 0.0325. The number of ether oxygens (including phenoxy) is 1. The lowest BCUT2D eigenvalue weighted by atomic mass is 9.90. The summed E-state index contributed by atoms with van der Waals surface area (Å²) in [7, 11) is 0. The molecule has 1 rings (SSSR count). The van der Waals surface area contributed by atoms with Crippen LogP contribution in [0.25, 0.3) is 0 Å². The number of hydrogen-bond donors (Lipinski definition) is 2. The van der Waals surface area contributed by atoms with E-state index in [0.29, 0.717) is 6.61 Å². The van der Waals surface area contributed by atoms with Gasteiger partial charge in [-0.05, 0) is 50.0 Å². The highest BCUT2D eigenvalue weighted by atomic mass is 79.9. The second-order valence-electron chi connectivity index (χ2n) is 5.18. The number of hydrazine groups is 1. The quantitative estimate of drug-likeness (QED) is 0.560. The zero-order chi connectivity index (χ0) is 15.3. The van der Waals surface area contributed by atoms with Crippen LogP contribution in [-0.4, -0.2) is 28.0 Å². The lowest BCUT2D eigenvalue weighted by Crippen LogP contribution is -2.54. The van der Waals surface area contributed by atoms with Gasteiger partial charge in [-0.1, -0.05) is 6.92 Å². The molecule has 0 aromatic carbocycles. The maximum absolute atomic E-state index is 5.94. The Hall–Kier alpha value is -0.430. The monoisotopic (exact) mass is 346 g/mol. The van der Waals surface area contributed by atoms with Gasteiger partial charge in [0.1, 0.15) is 0 Å². The molecule has 0 amide bonds. The van der Waals surface area contributed by atoms with Gasteiger partial charge in [0.15, 0.2) is 0 Å². The van der Waals surface area contributed by atoms with Crippen LogP contribution >= 0.6 is 15.9 Å². The van der Waals surface area contributed by atoms with E-state index in [1.165, 1.54) is 0 Å². The van der Waals surface area contributed by atoms with Gasteiger partial charge >= 0.3 is 0 Å². The minimum atomic E-state index is -0.292. The van der Waals surface area contributed by atoms with Gasteiger partial charge < -0.3 is 4.74 Å². The first kappa shape index (κ1) is 17.6. The highest BCUT2D eigenvalue weighted by Crippen LogP contribution is 2.27. The molecule has 0 aliphatic carbocycles. The molecule has 1 heterocycles. The molecule has 1 aromatic heterocycles. The normalized spacial score (nSPS) is 16.1. The fourth-order valence-electron chi connectivity index (χ4n) is 2.49. The predicted octanol–water partition coefficient (Wildman–Crippen LogP) is 2.55. The average molecular weight is 347 g/mol. The van der Waals surface area contributed by atoms with Crippen molar-refractivity contribution in [3.63, 3.8) is 0 Å². The molecule has 6 heteroatoms. The number of nitrogens with two attached hydrogens (primary N) is 1. The molecule has 0 saturated heterocycles. The van der Waals surface area contributed by atoms with Crippen LogP contribution in [0.2, 0.25) is 0 Å². The van der Waals surface area contributed by atoms with Crippen molar-refractivity contribution in [2.75, 3.05) is 6.61 Å². The molecule has 0 saturated carbocycles. The summed E-state index contributed by atoms with van der Waals surface area (Å²) in [6.45, 7) is 11.9. The maximum Gasteiger partial charge on any atom is 0.0821 e. The minimum absolute atomic E-state index is 0.0325. The third kappa shape index (κ3) is 3.61. The summed E-state index contributed by atoms with van der Waals surface area (Å²) in [5.74, 6) is 5.79. The summed E-state index contributed by atoms with van der Waals surface area (Å²) in [5, 5.41) is 4.53. The van der Waals surface area contributed by atoms with E-state index in [4.69, 9.17) is 10.6 Å². The van der Waals surface area contributed by atoms with Crippen LogP contribution in [0, 0.1) is 6.92 Å². The van der Waals surface area contributed by atoms with Gasteiger partial charge in [-0.25, -0.2) is 0 Å². The van der Waals surface area contributed by atoms with Crippen molar-refractivity contribution in [3.05, 3.63) is 15.9 Å². The van der Waals surface area contributed by atoms with Gasteiger partial charge in [-0.2, -0.15) is 5.10 Å². The molecular formula is C14H27BrN4O. The molecule has 3 N–H and O–H groups in total. The van der Waals surface area contributed by atoms with Crippen molar-refractivity contribution in [2.45, 2.75) is 65.6 Å². The fourth-order valence-corrected chi connectivity index (χ4v) is 2.93. The van der Waals surface area contributed by atoms with Gasteiger partial charge in [-0.15, -0.1) is 0 Å². The van der Waals surface area contributed by atoms with Crippen LogP contribution in [0.3, 0.4) is 0 Å². The van der Waals surface area contributed by atoms with Crippen molar-refractivity contribution >= 4 is 15.9 Å². The van der Waals surface area contributed by atoms with Crippen molar-refractivity contribution < 1.29 is 4.74 Å². The Labute approximate surface area is 130 Å². The second-order valence-corrected chi connectivity index (χ2v) is 5.98. The highest BCUT2D eigenvalue weighted by Gasteiger charge is 2.34. The first-order valence-electron chi connectivity index (χ1n) is 7.25. The molecule has 2 unspecified atom stereocenters. The third-order valence-corrected chi connectivity index (χ3v) is 5.00. The SMILES string of the molecule is CCOC(C)(CC)C(Cc1c(Br)c(C)nn1CC)NN. The largest absolute Gasteiger partial charge is 0.374 e. The molecule has 0 spiro atoms. The van der Waals surface area contributed by atoms with E-state index in [0.717, 1.165) is 35.2 Å². The molecular weight excluding hydrogens is 320 g/mol. The standard InChI is InChI=1S/C14H27BrN4O/c1-6-14(5,20-8-3)12(17-16)9-11-13(15)10(4)18-19(11)7-2/h12,17H,6-9,16H2,1-5H3. The Morgan fingerprint density at radius 2 is 2.10 bits per heavy atom. The van der Waals surface area contributed by atoms with Gasteiger partial charge in [-0.3, -0.25) is 16.0 Å². The maximum atomic E-state index is 5.94. The molecule has 0 aliphatic rings. The number of hydrogen-bond acceptors (Lipinski definition) is 4. The minimum Gasteiger partial charge on any atom is -0.374 e. The Morgan fingerprint density at radius 1 is 1.45 bits per heavy atom. The predicted molar refractivity (Wildman–Crippen MR) is 85.5 cm³/mol. The van der Waals surface area contributed by atoms with Gasteiger partial charge in [0.2, 0.25) is 0 Å². The van der Waals surface area contributed by atoms with Crippen molar-refractivity contribution in [1.29, 1.82) is 0 Å². The number of rotatable bonds is 8. The molecule has 0 aliphatic heterocycles. The zero-order valence-corrected chi connectivity index (χ0v) is 14.7. The van der Waals surface area contributed by atoms with E-state index in [-0.39, 0.29) is 11.6 Å². The van der Waals surface area contributed by atoms with Crippen LogP contribution in [0.5, 0.6) is 0 Å². The van der Waals surface area contributed by atoms with E-state index < -0.39 is 0 Å². The second kappa shape index (κ2) is 7.54. The van der Waals surface area contributed by atoms with E-state index in [9.17, 15) is 0 Å². The fraction of sp³-hybridized carbons (Fsp3) is 0.786. The first-order chi connectivity index (χ1) is 9.43. The van der Waals surface area contributed by atoms with Crippen molar-refractivity contribution in [3.8, 4) is 0 Å². The zero-order valence-electron chi connectivity index (χ0n) is 13.2. The lowest BCUT2D eigenvalue weighted by molar-refractivity contribution is -0.0554. The van der Waals surface area contributed by atoms with Crippen LogP contribution in [-0.2, 0) is 17.7 Å². The lowest BCUT2D eigenvalue weighted by Gasteiger charge is -2.36. The Kier molecular flexibility index (Phi) is 6.64. The van der Waals surface area contributed by atoms with Gasteiger partial charge in [0, 0.05) is 19.6 Å². The van der Waals surface area contributed by atoms with Crippen LogP contribution in [0.4, 0.5) is 0 Å². The number of nitrogens with zero attached hydrogens (tertiary/aromatic N) is 2. The summed E-state index contributed by atoms with van der Waals surface area (Å²) in [5.41, 5.74) is 4.80. The molecule has 0 radical (unpaired) electrons. The van der Waals surface area contributed by atoms with Crippen LogP contribution in [0.1, 0.15) is 45.5 Å². The molecule has 0 fully saturated rings. The Balaban J connectivity index is 3.04. The summed E-state index contributed by atoms with van der Waals surface area (Å²) >= 11 is 3.63. The molecule has 5 nitrogen and oxygen atoms in total. The number of nitrogens with one attached hydrogen (secondary N) is 1. The third-order valence-electron chi connectivity index (χ3n) is 3.96. The molecule has 0 bridgehead atoms. The molecule has 20 heavy (non-hydrogen) atoms. The van der Waals surface area contributed by atoms with Gasteiger partial charge in [0.05, 0.1) is 27.5 Å². The van der Waals surface area contributed by atoms with E-state index in [1.54, 1.807) is 0 Å². The molecule has 116 valence electrons. The smallest absolute Gasteiger partial charge is 0.0821 e. The first-order valence-corrected chi connectivity index (χ1v) is 8.04. The van der Waals surface area contributed by atoms with E-state index in [2.05, 4.69) is 47.2 Å². The summed E-state index contributed by atoms with van der Waals surface area (Å²) in [4.78, 5) is 0. The number of halogens is 1. The summed E-state index contributed by atoms with van der Waals surface area (Å²) in [6.07, 6.45) is 1.67. The van der Waals surface area contributed by atoms with Gasteiger partial charge in [0.25, 0.3) is 0 Å².